The van der Waals surface area contributed by atoms with Crippen molar-refractivity contribution in [2.45, 2.75) is 30.6 Å². The molecule has 0 spiro atoms. The second-order valence-electron chi connectivity index (χ2n) is 8.03. The molecule has 1 heterocycles. The molecule has 0 saturated carbocycles. The number of nitrogens with two attached hydrogens (primary N) is 1. The molecule has 4 N–H and O–H groups in total. The number of hydrogen-bond donors (Lipinski definition) is 3. The van der Waals surface area contributed by atoms with Crippen molar-refractivity contribution in [1.29, 1.82) is 0 Å². The van der Waals surface area contributed by atoms with Crippen LogP contribution in [-0.4, -0.2) is 36.5 Å². The Morgan fingerprint density at radius 3 is 2.41 bits per heavy atom. The summed E-state index contributed by atoms with van der Waals surface area (Å²) in [5.74, 6) is -0.992. The van der Waals surface area contributed by atoms with E-state index >= 15 is 0 Å². The van der Waals surface area contributed by atoms with E-state index < -0.39 is 21.3 Å². The first-order valence-corrected chi connectivity index (χ1v) is 12.5. The smallest absolute Gasteiger partial charge is 0.251 e. The number of aromatic amines is 1. The van der Waals surface area contributed by atoms with E-state index in [2.05, 4.69) is 10.1 Å². The number of sulfone groups is 1. The number of H-pyrrole nitrogens is 1. The van der Waals surface area contributed by atoms with Gasteiger partial charge in [-0.2, -0.15) is 0 Å². The molecule has 8 nitrogen and oxygen atoms in total. The van der Waals surface area contributed by atoms with Gasteiger partial charge in [-0.05, 0) is 53.9 Å². The van der Waals surface area contributed by atoms with Crippen molar-refractivity contribution in [3.05, 3.63) is 97.9 Å². The van der Waals surface area contributed by atoms with Crippen LogP contribution in [0.5, 0.6) is 0 Å². The van der Waals surface area contributed by atoms with Gasteiger partial charge in [-0.3, -0.25) is 9.59 Å². The molecule has 0 saturated heterocycles. The summed E-state index contributed by atoms with van der Waals surface area (Å²) in [5, 5.41) is 13.9. The standard InChI is InChI=1S/C24H24ClN3O5S/c1-14-9-18(25)5-8-20(14)21(15-3-6-19(7-4-15)34(2,32)33)12-22(28-31)17-10-16(11-23(26)29)24(30)27-13-17/h3-10,13,21,31H,11-12H2,1-2H3,(H2,26,29)(H,27,30)/b28-22+. The molecule has 0 bridgehead atoms. The zero-order valence-corrected chi connectivity index (χ0v) is 20.2. The molecule has 3 rings (SSSR count). The second-order valence-corrected chi connectivity index (χ2v) is 10.5. The lowest BCUT2D eigenvalue weighted by atomic mass is 9.83. The average molecular weight is 502 g/mol. The van der Waals surface area contributed by atoms with E-state index in [4.69, 9.17) is 17.3 Å². The SMILES string of the molecule is Cc1cc(Cl)ccc1C(C/C(=N\O)c1c[nH]c(=O)c(CC(N)=O)c1)c1ccc(S(C)(=O)=O)cc1. The summed E-state index contributed by atoms with van der Waals surface area (Å²) in [6.45, 7) is 1.90. The summed E-state index contributed by atoms with van der Waals surface area (Å²) in [4.78, 5) is 26.1. The molecule has 178 valence electrons. The van der Waals surface area contributed by atoms with Gasteiger partial charge in [0.1, 0.15) is 0 Å². The van der Waals surface area contributed by atoms with Crippen LogP contribution in [0.15, 0.2) is 69.6 Å². The van der Waals surface area contributed by atoms with E-state index in [1.807, 2.05) is 19.1 Å². The first kappa shape index (κ1) is 25.2. The third-order valence-corrected chi connectivity index (χ3v) is 6.88. The largest absolute Gasteiger partial charge is 0.411 e. The Morgan fingerprint density at radius 2 is 1.85 bits per heavy atom. The van der Waals surface area contributed by atoms with Crippen LogP contribution in [0.1, 0.15) is 40.2 Å². The number of carbonyl (C=O) groups excluding carboxylic acids is 1. The number of nitrogens with zero attached hydrogens (tertiary/aromatic N) is 1. The van der Waals surface area contributed by atoms with Crippen molar-refractivity contribution >= 4 is 33.1 Å². The number of primary amides is 1. The van der Waals surface area contributed by atoms with Gasteiger partial charge in [-0.1, -0.05) is 35.0 Å². The molecule has 10 heteroatoms. The number of amides is 1. The highest BCUT2D eigenvalue weighted by Crippen LogP contribution is 2.33. The molecule has 34 heavy (non-hydrogen) atoms. The molecule has 0 aliphatic carbocycles. The van der Waals surface area contributed by atoms with Crippen molar-refractivity contribution in [3.63, 3.8) is 0 Å². The van der Waals surface area contributed by atoms with Crippen LogP contribution in [0.2, 0.25) is 5.02 Å². The van der Waals surface area contributed by atoms with Crippen LogP contribution in [0, 0.1) is 6.92 Å². The molecule has 1 unspecified atom stereocenters. The predicted molar refractivity (Wildman–Crippen MR) is 130 cm³/mol. The third kappa shape index (κ3) is 5.92. The van der Waals surface area contributed by atoms with Gasteiger partial charge in [-0.15, -0.1) is 0 Å². The van der Waals surface area contributed by atoms with Gasteiger partial charge in [-0.25, -0.2) is 8.42 Å². The normalized spacial score (nSPS) is 13.0. The first-order chi connectivity index (χ1) is 16.0. The number of benzene rings is 2. The van der Waals surface area contributed by atoms with E-state index in [1.165, 1.54) is 24.4 Å². The number of aryl methyl sites for hydroxylation is 1. The van der Waals surface area contributed by atoms with Gasteiger partial charge in [0, 0.05) is 40.9 Å². The minimum absolute atomic E-state index is 0.155. The Kier molecular flexibility index (Phi) is 7.58. The maximum atomic E-state index is 12.0. The summed E-state index contributed by atoms with van der Waals surface area (Å²) in [7, 11) is -3.37. The second kappa shape index (κ2) is 10.2. The molecular weight excluding hydrogens is 478 g/mol. The highest BCUT2D eigenvalue weighted by Gasteiger charge is 2.22. The Bertz CT molecular complexity index is 1410. The van der Waals surface area contributed by atoms with E-state index in [0.717, 1.165) is 22.9 Å². The van der Waals surface area contributed by atoms with Gasteiger partial charge in [0.15, 0.2) is 9.84 Å². The van der Waals surface area contributed by atoms with Gasteiger partial charge in [0.05, 0.1) is 17.0 Å². The molecule has 0 radical (unpaired) electrons. The molecular formula is C24H24ClN3O5S. The summed E-state index contributed by atoms with van der Waals surface area (Å²) < 4.78 is 23.8. The van der Waals surface area contributed by atoms with Gasteiger partial charge >= 0.3 is 0 Å². The Morgan fingerprint density at radius 1 is 1.18 bits per heavy atom. The lowest BCUT2D eigenvalue weighted by molar-refractivity contribution is -0.117. The fraction of sp³-hybridized carbons (Fsp3) is 0.208. The highest BCUT2D eigenvalue weighted by atomic mass is 35.5. The van der Waals surface area contributed by atoms with Gasteiger partial charge in [0.2, 0.25) is 5.91 Å². The quantitative estimate of drug-likeness (QED) is 0.247. The summed E-state index contributed by atoms with van der Waals surface area (Å²) in [6, 6.07) is 13.4. The minimum atomic E-state index is -3.37. The topological polar surface area (TPSA) is 143 Å². The number of pyridine rings is 1. The average Bonchev–Trinajstić information content (AvgIpc) is 2.76. The zero-order valence-electron chi connectivity index (χ0n) is 18.6. The van der Waals surface area contributed by atoms with Crippen molar-refractivity contribution in [2.24, 2.45) is 10.9 Å². The Labute approximate surface area is 202 Å². The molecule has 3 aromatic rings. The Hall–Kier alpha value is -3.43. The lowest BCUT2D eigenvalue weighted by Crippen LogP contribution is -2.22. The fourth-order valence-corrected chi connectivity index (χ4v) is 4.67. The summed E-state index contributed by atoms with van der Waals surface area (Å²) in [6.07, 6.45) is 2.49. The van der Waals surface area contributed by atoms with E-state index in [0.29, 0.717) is 10.6 Å². The van der Waals surface area contributed by atoms with Crippen LogP contribution in [0.25, 0.3) is 0 Å². The van der Waals surface area contributed by atoms with Crippen molar-refractivity contribution < 1.29 is 18.4 Å². The monoisotopic (exact) mass is 501 g/mol. The Balaban J connectivity index is 2.08. The molecule has 0 aliphatic rings. The number of oxime groups is 1. The zero-order chi connectivity index (χ0) is 25.0. The number of nitrogens with one attached hydrogen (secondary N) is 1. The number of rotatable bonds is 8. The van der Waals surface area contributed by atoms with Gasteiger partial charge in [0.25, 0.3) is 5.56 Å². The molecule has 0 aliphatic heterocycles. The van der Waals surface area contributed by atoms with E-state index in [9.17, 15) is 23.2 Å². The van der Waals surface area contributed by atoms with E-state index in [-0.39, 0.29) is 34.9 Å². The number of hydrogen-bond acceptors (Lipinski definition) is 6. The maximum Gasteiger partial charge on any atom is 0.251 e. The molecule has 1 aromatic heterocycles. The van der Waals surface area contributed by atoms with Crippen molar-refractivity contribution in [2.75, 3.05) is 6.26 Å². The van der Waals surface area contributed by atoms with Crippen LogP contribution >= 0.6 is 11.6 Å². The number of carbonyl (C=O) groups is 1. The van der Waals surface area contributed by atoms with E-state index in [1.54, 1.807) is 18.2 Å². The lowest BCUT2D eigenvalue weighted by Gasteiger charge is -2.21. The first-order valence-electron chi connectivity index (χ1n) is 10.3. The number of halogens is 1. The summed E-state index contributed by atoms with van der Waals surface area (Å²) in [5.41, 5.74) is 8.20. The highest BCUT2D eigenvalue weighted by molar-refractivity contribution is 7.90. The fourth-order valence-electron chi connectivity index (χ4n) is 3.81. The predicted octanol–water partition coefficient (Wildman–Crippen LogP) is 3.17. The van der Waals surface area contributed by atoms with Crippen LogP contribution in [-0.2, 0) is 21.1 Å². The van der Waals surface area contributed by atoms with Gasteiger partial charge < -0.3 is 15.9 Å². The maximum absolute atomic E-state index is 12.0. The molecule has 2 aromatic carbocycles. The minimum Gasteiger partial charge on any atom is -0.411 e. The molecule has 0 fully saturated rings. The van der Waals surface area contributed by atoms with Crippen LogP contribution < -0.4 is 11.3 Å². The van der Waals surface area contributed by atoms with Crippen molar-refractivity contribution in [1.82, 2.24) is 4.98 Å². The third-order valence-electron chi connectivity index (χ3n) is 5.51. The number of aromatic nitrogens is 1. The van der Waals surface area contributed by atoms with Crippen molar-refractivity contribution in [3.8, 4) is 0 Å². The van der Waals surface area contributed by atoms with Crippen LogP contribution in [0.3, 0.4) is 0 Å². The molecule has 1 atom stereocenters. The summed E-state index contributed by atoms with van der Waals surface area (Å²) >= 11 is 6.14. The molecule has 1 amide bonds. The van der Waals surface area contributed by atoms with Crippen LogP contribution in [0.4, 0.5) is 0 Å².